The smallest absolute Gasteiger partial charge is 0.239 e. The van der Waals surface area contributed by atoms with Gasteiger partial charge >= 0.3 is 0 Å². The molecule has 28 heavy (non-hydrogen) atoms. The zero-order valence-electron chi connectivity index (χ0n) is 16.6. The van der Waals surface area contributed by atoms with Gasteiger partial charge in [-0.2, -0.15) is 0 Å². The van der Waals surface area contributed by atoms with Gasteiger partial charge in [0.2, 0.25) is 7.28 Å². The minimum absolute atomic E-state index is 0.246. The van der Waals surface area contributed by atoms with Crippen molar-refractivity contribution in [3.8, 4) is 11.4 Å². The third-order valence-corrected chi connectivity index (χ3v) is 6.03. The number of aromatic nitrogens is 2. The van der Waals surface area contributed by atoms with Crippen LogP contribution in [0, 0.1) is 5.92 Å². The first-order chi connectivity index (χ1) is 13.8. The predicted molar refractivity (Wildman–Crippen MR) is 118 cm³/mol. The molecule has 0 aliphatic heterocycles. The average Bonchev–Trinajstić information content (AvgIpc) is 3.16. The van der Waals surface area contributed by atoms with E-state index in [0.29, 0.717) is 13.0 Å². The summed E-state index contributed by atoms with van der Waals surface area (Å²) in [6, 6.07) is 16.4. The van der Waals surface area contributed by atoms with E-state index in [4.69, 9.17) is 4.98 Å². The van der Waals surface area contributed by atoms with Crippen molar-refractivity contribution in [1.29, 1.82) is 0 Å². The van der Waals surface area contributed by atoms with Crippen LogP contribution in [0.2, 0.25) is 0 Å². The summed E-state index contributed by atoms with van der Waals surface area (Å²) in [5.74, 6) is 1.13. The Labute approximate surface area is 168 Å². The van der Waals surface area contributed by atoms with E-state index in [1.807, 2.05) is 24.3 Å². The highest BCUT2D eigenvalue weighted by atomic mass is 16.1. The van der Waals surface area contributed by atoms with Gasteiger partial charge in [-0.05, 0) is 25.0 Å². The molecule has 1 fully saturated rings. The second kappa shape index (κ2) is 9.23. The largest absolute Gasteiger partial charge is 0.338 e. The quantitative estimate of drug-likeness (QED) is 0.658. The van der Waals surface area contributed by atoms with E-state index in [9.17, 15) is 4.79 Å². The highest BCUT2D eigenvalue weighted by Crippen LogP contribution is 2.22. The summed E-state index contributed by atoms with van der Waals surface area (Å²) in [4.78, 5) is 21.1. The lowest BCUT2D eigenvalue weighted by Gasteiger charge is -2.17. The monoisotopic (exact) mass is 372 g/mol. The molecular formula is C24H29BN2O. The molecule has 0 amide bonds. The number of hydrogen-bond donors (Lipinski definition) is 1. The molecular weight excluding hydrogens is 343 g/mol. The van der Waals surface area contributed by atoms with Crippen LogP contribution in [-0.4, -0.2) is 22.9 Å². The van der Waals surface area contributed by atoms with Crippen LogP contribution in [0.1, 0.15) is 57.8 Å². The van der Waals surface area contributed by atoms with Gasteiger partial charge in [0.05, 0.1) is 16.7 Å². The molecule has 144 valence electrons. The predicted octanol–water partition coefficient (Wildman–Crippen LogP) is 4.96. The molecule has 1 N–H and O–H groups in total. The first kappa shape index (κ1) is 19.0. The Kier molecular flexibility index (Phi) is 6.25. The number of aromatic amines is 1. The van der Waals surface area contributed by atoms with Gasteiger partial charge in [0, 0.05) is 11.5 Å². The van der Waals surface area contributed by atoms with Crippen LogP contribution in [0.4, 0.5) is 0 Å². The van der Waals surface area contributed by atoms with Crippen LogP contribution in [0.5, 0.6) is 0 Å². The summed E-state index contributed by atoms with van der Waals surface area (Å²) in [6.45, 7) is 0. The molecule has 1 saturated carbocycles. The summed E-state index contributed by atoms with van der Waals surface area (Å²) in [6.07, 6.45) is 11.2. The van der Waals surface area contributed by atoms with Crippen LogP contribution in [0.15, 0.2) is 48.5 Å². The molecule has 0 atom stereocenters. The second-order valence-electron chi connectivity index (χ2n) is 8.20. The van der Waals surface area contributed by atoms with Gasteiger partial charge in [-0.25, -0.2) is 4.98 Å². The van der Waals surface area contributed by atoms with Gasteiger partial charge in [0.25, 0.3) is 0 Å². The zero-order chi connectivity index (χ0) is 19.2. The minimum atomic E-state index is 0.246. The fraction of sp³-hybridized carbons (Fsp3) is 0.417. The van der Waals surface area contributed by atoms with Crippen molar-refractivity contribution < 1.29 is 4.79 Å². The van der Waals surface area contributed by atoms with Gasteiger partial charge in [0.1, 0.15) is 5.82 Å². The van der Waals surface area contributed by atoms with E-state index >= 15 is 0 Å². The first-order valence-corrected chi connectivity index (χ1v) is 10.9. The number of carbonyl (C=O) groups excluding carboxylic acids is 1. The third-order valence-electron chi connectivity index (χ3n) is 6.03. The van der Waals surface area contributed by atoms with Crippen molar-refractivity contribution in [2.75, 3.05) is 0 Å². The standard InChI is InChI=1S/C24H29BN2O/c28-23(18-11-7-4-2-1-3-5-8-12-18)25-20-15-16-21-22(17-20)27-24(26-21)19-13-9-6-10-14-19/h6,9-10,13-18,25H,1-5,7-8,11-12H2,(H,26,27). The van der Waals surface area contributed by atoms with E-state index in [0.717, 1.165) is 40.7 Å². The number of H-pyrrole nitrogens is 1. The number of fused-ring (bicyclic) bond motifs is 1. The van der Waals surface area contributed by atoms with Gasteiger partial charge < -0.3 is 9.78 Å². The maximum atomic E-state index is 13.0. The van der Waals surface area contributed by atoms with Crippen molar-refractivity contribution in [2.45, 2.75) is 57.8 Å². The van der Waals surface area contributed by atoms with Gasteiger partial charge in [-0.1, -0.05) is 86.8 Å². The lowest BCUT2D eigenvalue weighted by atomic mass is 9.61. The molecule has 0 bridgehead atoms. The lowest BCUT2D eigenvalue weighted by molar-refractivity contribution is -0.115. The van der Waals surface area contributed by atoms with Crippen LogP contribution >= 0.6 is 0 Å². The van der Waals surface area contributed by atoms with Crippen molar-refractivity contribution in [3.05, 3.63) is 48.5 Å². The van der Waals surface area contributed by atoms with Crippen molar-refractivity contribution in [2.24, 2.45) is 5.92 Å². The molecule has 2 aromatic carbocycles. The minimum Gasteiger partial charge on any atom is -0.338 e. The topological polar surface area (TPSA) is 45.8 Å². The number of imidazole rings is 1. The van der Waals surface area contributed by atoms with E-state index in [1.165, 1.54) is 44.9 Å². The van der Waals surface area contributed by atoms with Crippen molar-refractivity contribution in [3.63, 3.8) is 0 Å². The molecule has 0 unspecified atom stereocenters. The molecule has 1 heterocycles. The molecule has 3 aromatic rings. The number of nitrogens with one attached hydrogen (secondary N) is 1. The number of rotatable bonds is 4. The normalized spacial score (nSPS) is 16.7. The maximum absolute atomic E-state index is 13.0. The van der Waals surface area contributed by atoms with Gasteiger partial charge in [-0.3, -0.25) is 0 Å². The van der Waals surface area contributed by atoms with Crippen LogP contribution < -0.4 is 5.46 Å². The first-order valence-electron chi connectivity index (χ1n) is 10.9. The van der Waals surface area contributed by atoms with E-state index < -0.39 is 0 Å². The van der Waals surface area contributed by atoms with Crippen molar-refractivity contribution >= 4 is 29.5 Å². The molecule has 0 radical (unpaired) electrons. The average molecular weight is 372 g/mol. The molecule has 4 rings (SSSR count). The molecule has 1 aliphatic rings. The summed E-state index contributed by atoms with van der Waals surface area (Å²) in [5.41, 5.74) is 4.56. The molecule has 0 spiro atoms. The Balaban J connectivity index is 1.46. The van der Waals surface area contributed by atoms with Crippen LogP contribution in [-0.2, 0) is 4.79 Å². The molecule has 1 aliphatic carbocycles. The molecule has 3 nitrogen and oxygen atoms in total. The summed E-state index contributed by atoms with van der Waals surface area (Å²) in [7, 11) is 0.542. The van der Waals surface area contributed by atoms with E-state index in [-0.39, 0.29) is 5.92 Å². The summed E-state index contributed by atoms with van der Waals surface area (Å²) >= 11 is 0. The number of benzene rings is 2. The number of nitrogens with zero attached hydrogens (tertiary/aromatic N) is 1. The Morgan fingerprint density at radius 1 is 0.893 bits per heavy atom. The number of hydrogen-bond acceptors (Lipinski definition) is 2. The molecule has 4 heteroatoms. The van der Waals surface area contributed by atoms with E-state index in [2.05, 4.69) is 29.2 Å². The summed E-state index contributed by atoms with van der Waals surface area (Å²) in [5, 5.41) is 0. The zero-order valence-corrected chi connectivity index (χ0v) is 16.6. The molecule has 1 aromatic heterocycles. The molecule has 0 saturated heterocycles. The maximum Gasteiger partial charge on any atom is 0.239 e. The van der Waals surface area contributed by atoms with Crippen molar-refractivity contribution in [1.82, 2.24) is 9.97 Å². The second-order valence-corrected chi connectivity index (χ2v) is 8.20. The fourth-order valence-electron chi connectivity index (χ4n) is 4.38. The number of carbonyl (C=O) groups is 1. The van der Waals surface area contributed by atoms with Crippen LogP contribution in [0.3, 0.4) is 0 Å². The third kappa shape index (κ3) is 4.73. The fourth-order valence-corrected chi connectivity index (χ4v) is 4.38. The van der Waals surface area contributed by atoms with Crippen LogP contribution in [0.25, 0.3) is 22.4 Å². The highest BCUT2D eigenvalue weighted by Gasteiger charge is 2.20. The Morgan fingerprint density at radius 2 is 1.57 bits per heavy atom. The SMILES string of the molecule is O=C(Bc1ccc2nc(-c3ccccc3)[nH]c2c1)C1CCCCCCCCC1. The van der Waals surface area contributed by atoms with E-state index in [1.54, 1.807) is 0 Å². The van der Waals surface area contributed by atoms with Gasteiger partial charge in [-0.15, -0.1) is 0 Å². The Morgan fingerprint density at radius 3 is 2.29 bits per heavy atom. The van der Waals surface area contributed by atoms with Gasteiger partial charge in [0.15, 0.2) is 0 Å². The highest BCUT2D eigenvalue weighted by molar-refractivity contribution is 6.84. The Hall–Kier alpha value is -2.36. The summed E-state index contributed by atoms with van der Waals surface area (Å²) < 4.78 is 0. The lowest BCUT2D eigenvalue weighted by Crippen LogP contribution is -2.30. The Bertz CT molecular complexity index is 909.